The van der Waals surface area contributed by atoms with E-state index in [9.17, 15) is 22.0 Å². The Labute approximate surface area is 115 Å². The molecule has 0 aliphatic heterocycles. The molecule has 0 radical (unpaired) electrons. The summed E-state index contributed by atoms with van der Waals surface area (Å²) in [6.07, 6.45) is 0.465. The fourth-order valence-corrected chi connectivity index (χ4v) is 2.65. The number of sulfone groups is 1. The van der Waals surface area contributed by atoms with E-state index in [1.807, 2.05) is 0 Å². The van der Waals surface area contributed by atoms with Gasteiger partial charge in [-0.1, -0.05) is 6.92 Å². The van der Waals surface area contributed by atoms with Gasteiger partial charge in [0.05, 0.1) is 17.1 Å². The fourth-order valence-electron chi connectivity index (χ4n) is 1.49. The van der Waals surface area contributed by atoms with E-state index in [2.05, 4.69) is 0 Å². The number of nitrogens with two attached hydrogens (primary N) is 1. The number of rotatable bonds is 6. The minimum atomic E-state index is -3.28. The summed E-state index contributed by atoms with van der Waals surface area (Å²) < 4.78 is 53.3. The smallest absolute Gasteiger partial charge is 0.340 e. The van der Waals surface area contributed by atoms with Crippen molar-refractivity contribution in [2.45, 2.75) is 13.3 Å². The van der Waals surface area contributed by atoms with E-state index >= 15 is 0 Å². The number of hydrogen-bond acceptors (Lipinski definition) is 5. The minimum Gasteiger partial charge on any atom is -0.461 e. The van der Waals surface area contributed by atoms with Crippen LogP contribution in [0.4, 0.5) is 14.5 Å². The number of benzene rings is 1. The lowest BCUT2D eigenvalue weighted by atomic mass is 10.1. The highest BCUT2D eigenvalue weighted by Gasteiger charge is 2.17. The van der Waals surface area contributed by atoms with Crippen molar-refractivity contribution in [2.75, 3.05) is 23.8 Å². The first-order valence-corrected chi connectivity index (χ1v) is 7.71. The lowest BCUT2D eigenvalue weighted by molar-refractivity contribution is 0.0530. The zero-order chi connectivity index (χ0) is 15.3. The van der Waals surface area contributed by atoms with Gasteiger partial charge in [0.2, 0.25) is 0 Å². The molecule has 112 valence electrons. The summed E-state index contributed by atoms with van der Waals surface area (Å²) in [6, 6.07) is 1.29. The first kappa shape index (κ1) is 16.4. The van der Waals surface area contributed by atoms with Crippen molar-refractivity contribution in [1.82, 2.24) is 0 Å². The molecular formula is C12H15F2NO4S. The lowest BCUT2D eigenvalue weighted by Crippen LogP contribution is -2.18. The molecule has 0 heterocycles. The van der Waals surface area contributed by atoms with E-state index < -0.39 is 27.4 Å². The average molecular weight is 307 g/mol. The lowest BCUT2D eigenvalue weighted by Gasteiger charge is -2.08. The second-order valence-electron chi connectivity index (χ2n) is 4.14. The van der Waals surface area contributed by atoms with E-state index in [0.29, 0.717) is 18.6 Å². The number of carbonyl (C=O) groups excluding carboxylic acids is 1. The van der Waals surface area contributed by atoms with Gasteiger partial charge < -0.3 is 10.5 Å². The summed E-state index contributed by atoms with van der Waals surface area (Å²) in [5.41, 5.74) is 4.76. The van der Waals surface area contributed by atoms with Crippen LogP contribution in [0.15, 0.2) is 12.1 Å². The van der Waals surface area contributed by atoms with Gasteiger partial charge >= 0.3 is 5.97 Å². The molecule has 0 aliphatic carbocycles. The molecule has 8 heteroatoms. The predicted molar refractivity (Wildman–Crippen MR) is 70.0 cm³/mol. The van der Waals surface area contributed by atoms with Crippen molar-refractivity contribution in [1.29, 1.82) is 0 Å². The Hall–Kier alpha value is -1.70. The summed E-state index contributed by atoms with van der Waals surface area (Å²) in [4.78, 5) is 11.6. The third-order valence-corrected chi connectivity index (χ3v) is 4.27. The molecule has 0 atom stereocenters. The topological polar surface area (TPSA) is 86.5 Å². The number of nitrogen functional groups attached to an aromatic ring is 1. The van der Waals surface area contributed by atoms with Gasteiger partial charge in [0.1, 0.15) is 6.61 Å². The molecule has 2 N–H and O–H groups in total. The summed E-state index contributed by atoms with van der Waals surface area (Å²) in [7, 11) is -3.28. The van der Waals surface area contributed by atoms with Gasteiger partial charge in [0.15, 0.2) is 21.5 Å². The summed E-state index contributed by atoms with van der Waals surface area (Å²) in [5.74, 6) is -3.73. The molecule has 1 rings (SSSR count). The Morgan fingerprint density at radius 2 is 1.85 bits per heavy atom. The molecule has 1 aromatic rings. The number of halogens is 2. The molecule has 0 spiro atoms. The van der Waals surface area contributed by atoms with Crippen molar-refractivity contribution in [3.05, 3.63) is 29.3 Å². The van der Waals surface area contributed by atoms with Crippen LogP contribution < -0.4 is 5.73 Å². The molecule has 0 saturated carbocycles. The van der Waals surface area contributed by atoms with Gasteiger partial charge in [0.25, 0.3) is 0 Å². The second-order valence-corrected chi connectivity index (χ2v) is 6.44. The van der Waals surface area contributed by atoms with Gasteiger partial charge in [-0.25, -0.2) is 22.0 Å². The van der Waals surface area contributed by atoms with Gasteiger partial charge in [-0.05, 0) is 12.5 Å². The van der Waals surface area contributed by atoms with Crippen LogP contribution in [0.5, 0.6) is 0 Å². The van der Waals surface area contributed by atoms with Crippen LogP contribution in [0, 0.1) is 11.6 Å². The van der Waals surface area contributed by atoms with Crippen molar-refractivity contribution in [2.24, 2.45) is 0 Å². The molecule has 5 nitrogen and oxygen atoms in total. The third-order valence-electron chi connectivity index (χ3n) is 2.45. The Balaban J connectivity index is 2.67. The Morgan fingerprint density at radius 1 is 1.25 bits per heavy atom. The van der Waals surface area contributed by atoms with Crippen LogP contribution in [-0.4, -0.2) is 32.5 Å². The minimum absolute atomic E-state index is 0.00212. The van der Waals surface area contributed by atoms with Gasteiger partial charge in [-0.3, -0.25) is 0 Å². The zero-order valence-corrected chi connectivity index (χ0v) is 11.7. The predicted octanol–water partition coefficient (Wildman–Crippen LogP) is 1.53. The van der Waals surface area contributed by atoms with Crippen molar-refractivity contribution in [3.63, 3.8) is 0 Å². The van der Waals surface area contributed by atoms with Crippen LogP contribution in [0.1, 0.15) is 23.7 Å². The molecule has 0 fully saturated rings. The number of hydrogen-bond donors (Lipinski definition) is 1. The van der Waals surface area contributed by atoms with Gasteiger partial charge in [0, 0.05) is 11.8 Å². The van der Waals surface area contributed by atoms with Gasteiger partial charge in [-0.2, -0.15) is 0 Å². The van der Waals surface area contributed by atoms with Crippen LogP contribution >= 0.6 is 0 Å². The molecule has 0 aliphatic rings. The van der Waals surface area contributed by atoms with E-state index in [4.69, 9.17) is 10.5 Å². The molecule has 20 heavy (non-hydrogen) atoms. The fraction of sp³-hybridized carbons (Fsp3) is 0.417. The van der Waals surface area contributed by atoms with Crippen LogP contribution in [-0.2, 0) is 14.6 Å². The standard InChI is InChI=1S/C12H15F2NO4S/c1-2-4-20(17,18)5-3-19-12(16)8-6-9(13)10(14)7-11(8)15/h6-7H,2-5,15H2,1H3. The van der Waals surface area contributed by atoms with E-state index in [0.717, 1.165) is 0 Å². The summed E-state index contributed by atoms with van der Waals surface area (Å²) in [5, 5.41) is 0. The Morgan fingerprint density at radius 3 is 2.45 bits per heavy atom. The average Bonchev–Trinajstić information content (AvgIpc) is 2.33. The van der Waals surface area contributed by atoms with Crippen molar-refractivity contribution < 1.29 is 26.7 Å². The summed E-state index contributed by atoms with van der Waals surface area (Å²) in [6.45, 7) is 1.35. The highest BCUT2D eigenvalue weighted by atomic mass is 32.2. The molecule has 0 aromatic heterocycles. The van der Waals surface area contributed by atoms with E-state index in [1.54, 1.807) is 6.92 Å². The maximum atomic E-state index is 13.0. The number of carbonyl (C=O) groups is 1. The highest BCUT2D eigenvalue weighted by Crippen LogP contribution is 2.17. The molecule has 0 bridgehead atoms. The monoisotopic (exact) mass is 307 g/mol. The van der Waals surface area contributed by atoms with Crippen LogP contribution in [0.3, 0.4) is 0 Å². The van der Waals surface area contributed by atoms with E-state index in [1.165, 1.54) is 0 Å². The van der Waals surface area contributed by atoms with Crippen LogP contribution in [0.2, 0.25) is 0 Å². The summed E-state index contributed by atoms with van der Waals surface area (Å²) >= 11 is 0. The van der Waals surface area contributed by atoms with E-state index in [-0.39, 0.29) is 29.4 Å². The Bertz CT molecular complexity index is 602. The molecule has 1 aromatic carbocycles. The highest BCUT2D eigenvalue weighted by molar-refractivity contribution is 7.91. The molecule has 0 unspecified atom stereocenters. The maximum absolute atomic E-state index is 13.0. The third kappa shape index (κ3) is 4.44. The zero-order valence-electron chi connectivity index (χ0n) is 10.9. The molecular weight excluding hydrogens is 292 g/mol. The number of anilines is 1. The van der Waals surface area contributed by atoms with Gasteiger partial charge in [-0.15, -0.1) is 0 Å². The largest absolute Gasteiger partial charge is 0.461 e. The van der Waals surface area contributed by atoms with Crippen molar-refractivity contribution >= 4 is 21.5 Å². The number of esters is 1. The van der Waals surface area contributed by atoms with Crippen LogP contribution in [0.25, 0.3) is 0 Å². The SMILES string of the molecule is CCCS(=O)(=O)CCOC(=O)c1cc(F)c(F)cc1N. The molecule has 0 amide bonds. The molecule has 0 saturated heterocycles. The Kier molecular flexibility index (Phi) is 5.43. The first-order chi connectivity index (χ1) is 9.26. The normalized spacial score (nSPS) is 11.3. The maximum Gasteiger partial charge on any atom is 0.340 e. The number of ether oxygens (including phenoxy) is 1. The quantitative estimate of drug-likeness (QED) is 0.636. The second kappa shape index (κ2) is 6.65. The van der Waals surface area contributed by atoms with Crippen molar-refractivity contribution in [3.8, 4) is 0 Å². The first-order valence-electron chi connectivity index (χ1n) is 5.89.